The Morgan fingerprint density at radius 1 is 1.25 bits per heavy atom. The van der Waals surface area contributed by atoms with Gasteiger partial charge in [0.1, 0.15) is 0 Å². The second-order valence-electron chi connectivity index (χ2n) is 4.84. The molecule has 20 heavy (non-hydrogen) atoms. The molecule has 0 spiro atoms. The van der Waals surface area contributed by atoms with Crippen LogP contribution in [0.4, 0.5) is 0 Å². The van der Waals surface area contributed by atoms with E-state index in [1.54, 1.807) is 0 Å². The molecule has 1 heterocycles. The van der Waals surface area contributed by atoms with Crippen LogP contribution in [0.2, 0.25) is 0 Å². The number of hydrogen-bond acceptors (Lipinski definition) is 2. The van der Waals surface area contributed by atoms with Crippen molar-refractivity contribution in [2.75, 3.05) is 0 Å². The van der Waals surface area contributed by atoms with Crippen LogP contribution in [0.25, 0.3) is 0 Å². The predicted molar refractivity (Wildman–Crippen MR) is 84.7 cm³/mol. The highest BCUT2D eigenvalue weighted by Crippen LogP contribution is 2.26. The average Bonchev–Trinajstić information content (AvgIpc) is 2.81. The molecule has 108 valence electrons. The van der Waals surface area contributed by atoms with Crippen LogP contribution in [0.5, 0.6) is 0 Å². The number of nitrogens with zero attached hydrogens (tertiary/aromatic N) is 2. The smallest absolute Gasteiger partial charge is 0.0793 e. The molecule has 2 aromatic rings. The van der Waals surface area contributed by atoms with Gasteiger partial charge in [-0.2, -0.15) is 5.10 Å². The fourth-order valence-electron chi connectivity index (χ4n) is 2.37. The molecular formula is C16H21BrN2O. The first-order valence-electron chi connectivity index (χ1n) is 7.14. The van der Waals surface area contributed by atoms with E-state index < -0.39 is 6.10 Å². The van der Waals surface area contributed by atoms with Gasteiger partial charge in [0.2, 0.25) is 0 Å². The molecule has 0 aliphatic carbocycles. The Hall–Kier alpha value is -1.13. The van der Waals surface area contributed by atoms with Gasteiger partial charge in [0, 0.05) is 6.54 Å². The van der Waals surface area contributed by atoms with E-state index in [-0.39, 0.29) is 0 Å². The monoisotopic (exact) mass is 336 g/mol. The minimum absolute atomic E-state index is 0.423. The maximum absolute atomic E-state index is 10.3. The van der Waals surface area contributed by atoms with Gasteiger partial charge in [0.25, 0.3) is 0 Å². The van der Waals surface area contributed by atoms with E-state index >= 15 is 0 Å². The zero-order chi connectivity index (χ0) is 14.5. The molecule has 0 amide bonds. The Morgan fingerprint density at radius 3 is 2.55 bits per heavy atom. The minimum Gasteiger partial charge on any atom is -0.388 e. The summed E-state index contributed by atoms with van der Waals surface area (Å²) in [5, 5.41) is 14.8. The highest BCUT2D eigenvalue weighted by Gasteiger charge is 2.15. The van der Waals surface area contributed by atoms with Crippen LogP contribution in [0.1, 0.15) is 43.3 Å². The lowest BCUT2D eigenvalue weighted by Crippen LogP contribution is -2.06. The molecule has 0 aliphatic heterocycles. The van der Waals surface area contributed by atoms with Crippen molar-refractivity contribution in [2.45, 2.75) is 45.8 Å². The number of aryl methyl sites for hydroxylation is 2. The van der Waals surface area contributed by atoms with Crippen molar-refractivity contribution < 1.29 is 5.11 Å². The van der Waals surface area contributed by atoms with E-state index in [2.05, 4.69) is 34.9 Å². The lowest BCUT2D eigenvalue weighted by molar-refractivity contribution is 0.167. The van der Waals surface area contributed by atoms with Crippen LogP contribution in [0.3, 0.4) is 0 Å². The number of aliphatic hydroxyl groups excluding tert-OH is 1. The van der Waals surface area contributed by atoms with E-state index in [1.807, 2.05) is 35.0 Å². The van der Waals surface area contributed by atoms with Crippen LogP contribution < -0.4 is 0 Å². The van der Waals surface area contributed by atoms with Crippen LogP contribution in [-0.4, -0.2) is 14.9 Å². The van der Waals surface area contributed by atoms with E-state index in [4.69, 9.17) is 0 Å². The molecule has 1 atom stereocenters. The number of hydrogen-bond donors (Lipinski definition) is 1. The molecule has 3 nitrogen and oxygen atoms in total. The maximum atomic E-state index is 10.3. The largest absolute Gasteiger partial charge is 0.388 e. The van der Waals surface area contributed by atoms with Crippen molar-refractivity contribution in [1.29, 1.82) is 0 Å². The molecule has 4 heteroatoms. The fourth-order valence-corrected chi connectivity index (χ4v) is 3.13. The van der Waals surface area contributed by atoms with Crippen molar-refractivity contribution in [3.8, 4) is 0 Å². The van der Waals surface area contributed by atoms with Crippen molar-refractivity contribution in [1.82, 2.24) is 9.78 Å². The van der Waals surface area contributed by atoms with Gasteiger partial charge in [0.05, 0.1) is 22.0 Å². The first kappa shape index (κ1) is 15.3. The third-order valence-electron chi connectivity index (χ3n) is 3.53. The molecule has 1 aromatic heterocycles. The predicted octanol–water partition coefficient (Wildman–Crippen LogP) is 3.89. The van der Waals surface area contributed by atoms with Crippen LogP contribution in [0.15, 0.2) is 34.8 Å². The number of rotatable bonds is 6. The number of aromatic nitrogens is 2. The first-order valence-corrected chi connectivity index (χ1v) is 7.93. The second-order valence-corrected chi connectivity index (χ2v) is 5.63. The highest BCUT2D eigenvalue weighted by atomic mass is 79.9. The standard InChI is InChI=1S/C16H21BrN2O/c1-3-13-16(17)14(19(4-2)18-13)10-11-15(20)12-8-6-5-7-9-12/h5-9,15,20H,3-4,10-11H2,1-2H3. The summed E-state index contributed by atoms with van der Waals surface area (Å²) >= 11 is 3.64. The van der Waals surface area contributed by atoms with Gasteiger partial charge in [-0.3, -0.25) is 4.68 Å². The lowest BCUT2D eigenvalue weighted by atomic mass is 10.0. The zero-order valence-electron chi connectivity index (χ0n) is 12.0. The first-order chi connectivity index (χ1) is 9.67. The highest BCUT2D eigenvalue weighted by molar-refractivity contribution is 9.10. The Morgan fingerprint density at radius 2 is 1.95 bits per heavy atom. The SMILES string of the molecule is CCc1nn(CC)c(CCC(O)c2ccccc2)c1Br. The molecule has 1 N–H and O–H groups in total. The summed E-state index contributed by atoms with van der Waals surface area (Å²) in [4.78, 5) is 0. The van der Waals surface area contributed by atoms with Crippen molar-refractivity contribution >= 4 is 15.9 Å². The van der Waals surface area contributed by atoms with Crippen molar-refractivity contribution in [3.05, 3.63) is 51.8 Å². The minimum atomic E-state index is -0.423. The van der Waals surface area contributed by atoms with Crippen LogP contribution in [0, 0.1) is 0 Å². The maximum Gasteiger partial charge on any atom is 0.0793 e. The van der Waals surface area contributed by atoms with E-state index in [1.165, 1.54) is 5.69 Å². The molecule has 0 bridgehead atoms. The lowest BCUT2D eigenvalue weighted by Gasteiger charge is -2.11. The van der Waals surface area contributed by atoms with E-state index in [9.17, 15) is 5.11 Å². The summed E-state index contributed by atoms with van der Waals surface area (Å²) in [5.74, 6) is 0. The summed E-state index contributed by atoms with van der Waals surface area (Å²) in [6.45, 7) is 5.06. The van der Waals surface area contributed by atoms with E-state index in [0.29, 0.717) is 6.42 Å². The van der Waals surface area contributed by atoms with Gasteiger partial charge < -0.3 is 5.11 Å². The third kappa shape index (κ3) is 3.30. The van der Waals surface area contributed by atoms with Gasteiger partial charge in [-0.15, -0.1) is 0 Å². The average molecular weight is 337 g/mol. The fraction of sp³-hybridized carbons (Fsp3) is 0.438. The molecule has 0 saturated heterocycles. The summed E-state index contributed by atoms with van der Waals surface area (Å²) in [7, 11) is 0. The summed E-state index contributed by atoms with van der Waals surface area (Å²) < 4.78 is 3.13. The summed E-state index contributed by atoms with van der Waals surface area (Å²) in [6.07, 6.45) is 2.02. The molecule has 0 saturated carbocycles. The molecule has 1 aromatic carbocycles. The Balaban J connectivity index is 2.09. The van der Waals surface area contributed by atoms with Gasteiger partial charge in [0.15, 0.2) is 0 Å². The van der Waals surface area contributed by atoms with E-state index in [0.717, 1.165) is 35.1 Å². The number of benzene rings is 1. The zero-order valence-corrected chi connectivity index (χ0v) is 13.6. The Labute approximate surface area is 128 Å². The number of aliphatic hydroxyl groups is 1. The van der Waals surface area contributed by atoms with Gasteiger partial charge in [-0.25, -0.2) is 0 Å². The Bertz CT molecular complexity index is 551. The van der Waals surface area contributed by atoms with Gasteiger partial charge in [-0.1, -0.05) is 37.3 Å². The number of halogens is 1. The molecule has 1 unspecified atom stereocenters. The van der Waals surface area contributed by atoms with Crippen LogP contribution in [-0.2, 0) is 19.4 Å². The van der Waals surface area contributed by atoms with Crippen molar-refractivity contribution in [3.63, 3.8) is 0 Å². The topological polar surface area (TPSA) is 38.0 Å². The van der Waals surface area contributed by atoms with Gasteiger partial charge in [-0.05, 0) is 47.7 Å². The molecule has 2 rings (SSSR count). The van der Waals surface area contributed by atoms with Gasteiger partial charge >= 0.3 is 0 Å². The summed E-state index contributed by atoms with van der Waals surface area (Å²) in [5.41, 5.74) is 3.25. The second kappa shape index (κ2) is 7.04. The van der Waals surface area contributed by atoms with Crippen molar-refractivity contribution in [2.24, 2.45) is 0 Å². The molecule has 0 aliphatic rings. The quantitative estimate of drug-likeness (QED) is 0.868. The molecular weight excluding hydrogens is 316 g/mol. The molecule has 0 fully saturated rings. The third-order valence-corrected chi connectivity index (χ3v) is 4.45. The summed E-state index contributed by atoms with van der Waals surface area (Å²) in [6, 6.07) is 9.81. The normalized spacial score (nSPS) is 12.6. The molecule has 0 radical (unpaired) electrons. The Kier molecular flexibility index (Phi) is 5.38. The van der Waals surface area contributed by atoms with Crippen LogP contribution >= 0.6 is 15.9 Å².